The molecule has 2 heterocycles. The van der Waals surface area contributed by atoms with Gasteiger partial charge in [-0.15, -0.1) is 11.3 Å². The average molecular weight is 450 g/mol. The highest BCUT2D eigenvalue weighted by molar-refractivity contribution is 7.99. The maximum absolute atomic E-state index is 13.4. The first kappa shape index (κ1) is 21.9. The predicted molar refractivity (Wildman–Crippen MR) is 123 cm³/mol. The lowest BCUT2D eigenvalue weighted by atomic mass is 10.2. The molecule has 0 aliphatic rings. The van der Waals surface area contributed by atoms with E-state index >= 15 is 0 Å². The smallest absolute Gasteiger partial charge is 0.267 e. The average Bonchev–Trinajstić information content (AvgIpc) is 2.95. The summed E-state index contributed by atoms with van der Waals surface area (Å²) < 4.78 is 1.57. The van der Waals surface area contributed by atoms with Gasteiger partial charge in [-0.3, -0.25) is 14.2 Å². The zero-order valence-electron chi connectivity index (χ0n) is 16.9. The van der Waals surface area contributed by atoms with Crippen LogP contribution in [0.15, 0.2) is 34.2 Å². The summed E-state index contributed by atoms with van der Waals surface area (Å²) in [5.41, 5.74) is 1.51. The second kappa shape index (κ2) is 9.32. The fraction of sp³-hybridized carbons (Fsp3) is 0.381. The third-order valence-corrected chi connectivity index (χ3v) is 7.01. The maximum Gasteiger partial charge on any atom is 0.267 e. The molecule has 0 bridgehead atoms. The van der Waals surface area contributed by atoms with E-state index in [9.17, 15) is 9.59 Å². The number of aromatic nitrogens is 2. The number of nitrogens with zero attached hydrogens (tertiary/aromatic N) is 2. The molecule has 0 saturated carbocycles. The van der Waals surface area contributed by atoms with E-state index < -0.39 is 0 Å². The van der Waals surface area contributed by atoms with Gasteiger partial charge in [-0.2, -0.15) is 0 Å². The molecule has 3 aromatic rings. The highest BCUT2D eigenvalue weighted by atomic mass is 35.5. The van der Waals surface area contributed by atoms with Crippen molar-refractivity contribution in [2.45, 2.75) is 51.7 Å². The first-order valence-corrected chi connectivity index (χ1v) is 11.7. The Hall–Kier alpha value is -1.83. The standard InChI is InChI=1S/C21H24ClN3O2S2/c1-5-6-12(2)23-17(26)11-28-21-24-19-18(13(3)14(4)29-19)20(27)25(21)16-9-7-15(22)8-10-16/h7-10,12H,5-6,11H2,1-4H3,(H,23,26). The molecule has 0 aliphatic carbocycles. The van der Waals surface area contributed by atoms with Crippen molar-refractivity contribution in [1.82, 2.24) is 14.9 Å². The van der Waals surface area contributed by atoms with Gasteiger partial charge in [0.05, 0.1) is 16.8 Å². The van der Waals surface area contributed by atoms with Gasteiger partial charge in [0.15, 0.2) is 5.16 Å². The first-order chi connectivity index (χ1) is 13.8. The Balaban J connectivity index is 2.01. The molecular formula is C21H24ClN3O2S2. The van der Waals surface area contributed by atoms with E-state index in [0.29, 0.717) is 26.1 Å². The van der Waals surface area contributed by atoms with E-state index in [4.69, 9.17) is 16.6 Å². The normalized spacial score (nSPS) is 12.3. The van der Waals surface area contributed by atoms with Gasteiger partial charge in [-0.1, -0.05) is 36.7 Å². The minimum absolute atomic E-state index is 0.0634. The van der Waals surface area contributed by atoms with Gasteiger partial charge >= 0.3 is 0 Å². The molecular weight excluding hydrogens is 426 g/mol. The third kappa shape index (κ3) is 4.85. The Morgan fingerprint density at radius 3 is 2.66 bits per heavy atom. The fourth-order valence-electron chi connectivity index (χ4n) is 3.14. The van der Waals surface area contributed by atoms with Crippen LogP contribution in [-0.4, -0.2) is 27.3 Å². The second-order valence-corrected chi connectivity index (χ2v) is 9.60. The lowest BCUT2D eigenvalue weighted by Gasteiger charge is -2.14. The van der Waals surface area contributed by atoms with Crippen LogP contribution in [0.4, 0.5) is 0 Å². The molecule has 2 aromatic heterocycles. The molecule has 0 fully saturated rings. The molecule has 1 atom stereocenters. The molecule has 5 nitrogen and oxygen atoms in total. The Bertz CT molecular complexity index is 1090. The summed E-state index contributed by atoms with van der Waals surface area (Å²) in [5, 5.41) is 4.72. The summed E-state index contributed by atoms with van der Waals surface area (Å²) >= 11 is 8.80. The minimum atomic E-state index is -0.124. The molecule has 0 radical (unpaired) electrons. The van der Waals surface area contributed by atoms with Crippen LogP contribution in [-0.2, 0) is 4.79 Å². The minimum Gasteiger partial charge on any atom is -0.353 e. The second-order valence-electron chi connectivity index (χ2n) is 7.02. The molecule has 0 saturated heterocycles. The number of carbonyl (C=O) groups excluding carboxylic acids is 1. The number of carbonyl (C=O) groups is 1. The number of aryl methyl sites for hydroxylation is 2. The van der Waals surface area contributed by atoms with Crippen LogP contribution in [0.2, 0.25) is 5.02 Å². The molecule has 3 rings (SSSR count). The van der Waals surface area contributed by atoms with Gasteiger partial charge in [0.25, 0.3) is 5.56 Å². The lowest BCUT2D eigenvalue weighted by Crippen LogP contribution is -2.34. The van der Waals surface area contributed by atoms with Crippen molar-refractivity contribution < 1.29 is 4.79 Å². The number of hydrogen-bond donors (Lipinski definition) is 1. The van der Waals surface area contributed by atoms with Crippen molar-refractivity contribution >= 4 is 50.8 Å². The quantitative estimate of drug-likeness (QED) is 0.402. The van der Waals surface area contributed by atoms with Crippen molar-refractivity contribution in [3.8, 4) is 5.69 Å². The van der Waals surface area contributed by atoms with Crippen LogP contribution in [0.5, 0.6) is 0 Å². The van der Waals surface area contributed by atoms with E-state index in [-0.39, 0.29) is 23.3 Å². The summed E-state index contributed by atoms with van der Waals surface area (Å²) in [4.78, 5) is 32.2. The van der Waals surface area contributed by atoms with E-state index in [0.717, 1.165) is 23.3 Å². The molecule has 29 heavy (non-hydrogen) atoms. The van der Waals surface area contributed by atoms with Gasteiger partial charge < -0.3 is 5.32 Å². The number of amides is 1. The number of hydrogen-bond acceptors (Lipinski definition) is 5. The predicted octanol–water partition coefficient (Wildman–Crippen LogP) is 5.11. The molecule has 1 unspecified atom stereocenters. The summed E-state index contributed by atoms with van der Waals surface area (Å²) in [5.74, 6) is 0.134. The SMILES string of the molecule is CCCC(C)NC(=O)CSc1nc2sc(C)c(C)c2c(=O)n1-c1ccc(Cl)cc1. The monoisotopic (exact) mass is 449 g/mol. The van der Waals surface area contributed by atoms with Crippen LogP contribution in [0.25, 0.3) is 15.9 Å². The van der Waals surface area contributed by atoms with Gasteiger partial charge in [0, 0.05) is 15.9 Å². The van der Waals surface area contributed by atoms with Gasteiger partial charge in [-0.05, 0) is 57.0 Å². The van der Waals surface area contributed by atoms with E-state index in [1.807, 2.05) is 20.8 Å². The van der Waals surface area contributed by atoms with E-state index in [2.05, 4.69) is 12.2 Å². The summed E-state index contributed by atoms with van der Waals surface area (Å²) in [7, 11) is 0. The van der Waals surface area contributed by atoms with Gasteiger partial charge in [0.2, 0.25) is 5.91 Å². The largest absolute Gasteiger partial charge is 0.353 e. The Morgan fingerprint density at radius 2 is 2.00 bits per heavy atom. The van der Waals surface area contributed by atoms with Crippen molar-refractivity contribution in [2.75, 3.05) is 5.75 Å². The summed E-state index contributed by atoms with van der Waals surface area (Å²) in [6.07, 6.45) is 1.95. The number of thioether (sulfide) groups is 1. The fourth-order valence-corrected chi connectivity index (χ4v) is 5.16. The molecule has 1 amide bonds. The maximum atomic E-state index is 13.4. The molecule has 154 valence electrons. The van der Waals surface area contributed by atoms with Gasteiger partial charge in [0.1, 0.15) is 4.83 Å². The molecule has 1 aromatic carbocycles. The van der Waals surface area contributed by atoms with Gasteiger partial charge in [-0.25, -0.2) is 4.98 Å². The zero-order chi connectivity index (χ0) is 21.1. The Labute approximate surface area is 183 Å². The number of benzene rings is 1. The van der Waals surface area contributed by atoms with Crippen molar-refractivity contribution in [1.29, 1.82) is 0 Å². The Kier molecular flexibility index (Phi) is 7.03. The van der Waals surface area contributed by atoms with Crippen LogP contribution < -0.4 is 10.9 Å². The topological polar surface area (TPSA) is 64.0 Å². The summed E-state index contributed by atoms with van der Waals surface area (Å²) in [6.45, 7) is 8.02. The molecule has 8 heteroatoms. The molecule has 1 N–H and O–H groups in total. The van der Waals surface area contributed by atoms with E-state index in [1.54, 1.807) is 28.8 Å². The number of fused-ring (bicyclic) bond motifs is 1. The zero-order valence-corrected chi connectivity index (χ0v) is 19.3. The lowest BCUT2D eigenvalue weighted by molar-refractivity contribution is -0.119. The number of rotatable bonds is 7. The Morgan fingerprint density at radius 1 is 1.31 bits per heavy atom. The number of halogens is 1. The highest BCUT2D eigenvalue weighted by Crippen LogP contribution is 2.29. The van der Waals surface area contributed by atoms with Crippen LogP contribution >= 0.6 is 34.7 Å². The van der Waals surface area contributed by atoms with Crippen LogP contribution in [0, 0.1) is 13.8 Å². The number of thiophene rings is 1. The number of nitrogens with one attached hydrogen (secondary N) is 1. The van der Waals surface area contributed by atoms with Crippen molar-refractivity contribution in [2.24, 2.45) is 0 Å². The molecule has 0 spiro atoms. The third-order valence-electron chi connectivity index (χ3n) is 4.72. The van der Waals surface area contributed by atoms with Crippen molar-refractivity contribution in [3.63, 3.8) is 0 Å². The summed E-state index contributed by atoms with van der Waals surface area (Å²) in [6, 6.07) is 7.20. The highest BCUT2D eigenvalue weighted by Gasteiger charge is 2.19. The first-order valence-electron chi connectivity index (χ1n) is 9.52. The molecule has 0 aliphatic heterocycles. The van der Waals surface area contributed by atoms with Crippen molar-refractivity contribution in [3.05, 3.63) is 50.1 Å². The van der Waals surface area contributed by atoms with E-state index in [1.165, 1.54) is 23.1 Å². The van der Waals surface area contributed by atoms with Crippen LogP contribution in [0.3, 0.4) is 0 Å². The van der Waals surface area contributed by atoms with Crippen LogP contribution in [0.1, 0.15) is 37.1 Å².